The lowest BCUT2D eigenvalue weighted by atomic mass is 9.80. The Morgan fingerprint density at radius 2 is 1.81 bits per heavy atom. The van der Waals surface area contributed by atoms with Crippen molar-refractivity contribution in [3.05, 3.63) is 34.9 Å². The second-order valence-corrected chi connectivity index (χ2v) is 5.36. The second-order valence-electron chi connectivity index (χ2n) is 5.36. The van der Waals surface area contributed by atoms with Crippen molar-refractivity contribution in [2.24, 2.45) is 5.92 Å². The SMILES string of the molecule is Cc1cc(C)cc(CNC(C)C2CCC2)c1. The molecule has 0 amide bonds. The highest BCUT2D eigenvalue weighted by Gasteiger charge is 2.23. The maximum atomic E-state index is 3.66. The Kier molecular flexibility index (Phi) is 3.65. The van der Waals surface area contributed by atoms with Gasteiger partial charge in [0.1, 0.15) is 0 Å². The smallest absolute Gasteiger partial charge is 0.0208 e. The van der Waals surface area contributed by atoms with E-state index in [0.29, 0.717) is 6.04 Å². The van der Waals surface area contributed by atoms with E-state index in [1.165, 1.54) is 36.0 Å². The van der Waals surface area contributed by atoms with Crippen molar-refractivity contribution < 1.29 is 0 Å². The predicted molar refractivity (Wildman–Crippen MR) is 69.6 cm³/mol. The number of hydrogen-bond donors (Lipinski definition) is 1. The van der Waals surface area contributed by atoms with E-state index in [2.05, 4.69) is 44.3 Å². The summed E-state index contributed by atoms with van der Waals surface area (Å²) in [6.07, 6.45) is 4.27. The van der Waals surface area contributed by atoms with Gasteiger partial charge in [-0.15, -0.1) is 0 Å². The first-order valence-electron chi connectivity index (χ1n) is 6.46. The summed E-state index contributed by atoms with van der Waals surface area (Å²) in [5.41, 5.74) is 4.16. The molecule has 1 saturated carbocycles. The van der Waals surface area contributed by atoms with E-state index < -0.39 is 0 Å². The first-order valence-corrected chi connectivity index (χ1v) is 6.46. The normalized spacial score (nSPS) is 18.2. The maximum absolute atomic E-state index is 3.66. The quantitative estimate of drug-likeness (QED) is 0.813. The van der Waals surface area contributed by atoms with Gasteiger partial charge in [-0.3, -0.25) is 0 Å². The highest BCUT2D eigenvalue weighted by Crippen LogP contribution is 2.29. The molecule has 1 fully saturated rings. The molecule has 1 aromatic rings. The molecule has 0 heterocycles. The van der Waals surface area contributed by atoms with Crippen molar-refractivity contribution in [2.45, 2.75) is 52.6 Å². The summed E-state index contributed by atoms with van der Waals surface area (Å²) in [5, 5.41) is 3.66. The average molecular weight is 217 g/mol. The summed E-state index contributed by atoms with van der Waals surface area (Å²) in [4.78, 5) is 0. The fourth-order valence-corrected chi connectivity index (χ4v) is 2.56. The van der Waals surface area contributed by atoms with Gasteiger partial charge in [0.05, 0.1) is 0 Å². The molecule has 0 bridgehead atoms. The van der Waals surface area contributed by atoms with Gasteiger partial charge in [0.15, 0.2) is 0 Å². The van der Waals surface area contributed by atoms with E-state index in [1.54, 1.807) is 0 Å². The zero-order valence-electron chi connectivity index (χ0n) is 10.7. The summed E-state index contributed by atoms with van der Waals surface area (Å²) in [6.45, 7) is 7.68. The van der Waals surface area contributed by atoms with Crippen molar-refractivity contribution in [1.82, 2.24) is 5.32 Å². The van der Waals surface area contributed by atoms with E-state index in [4.69, 9.17) is 0 Å². The standard InChI is InChI=1S/C15H23N/c1-11-7-12(2)9-14(8-11)10-16-13(3)15-5-4-6-15/h7-9,13,15-16H,4-6,10H2,1-3H3. The topological polar surface area (TPSA) is 12.0 Å². The van der Waals surface area contributed by atoms with Crippen LogP contribution in [-0.4, -0.2) is 6.04 Å². The lowest BCUT2D eigenvalue weighted by molar-refractivity contribution is 0.240. The first-order chi connectivity index (χ1) is 7.65. The summed E-state index contributed by atoms with van der Waals surface area (Å²) in [7, 11) is 0. The molecule has 88 valence electrons. The molecular weight excluding hydrogens is 194 g/mol. The molecule has 16 heavy (non-hydrogen) atoms. The van der Waals surface area contributed by atoms with Crippen LogP contribution < -0.4 is 5.32 Å². The van der Waals surface area contributed by atoms with Crippen molar-refractivity contribution in [1.29, 1.82) is 0 Å². The molecular formula is C15H23N. The number of aryl methyl sites for hydroxylation is 2. The van der Waals surface area contributed by atoms with Crippen LogP contribution in [0.15, 0.2) is 18.2 Å². The van der Waals surface area contributed by atoms with Gasteiger partial charge in [-0.25, -0.2) is 0 Å². The van der Waals surface area contributed by atoms with Crippen molar-refractivity contribution in [3.63, 3.8) is 0 Å². The van der Waals surface area contributed by atoms with Crippen molar-refractivity contribution in [2.75, 3.05) is 0 Å². The van der Waals surface area contributed by atoms with E-state index in [9.17, 15) is 0 Å². The van der Waals surface area contributed by atoms with Crippen LogP contribution >= 0.6 is 0 Å². The molecule has 1 aliphatic carbocycles. The van der Waals surface area contributed by atoms with Crippen molar-refractivity contribution >= 4 is 0 Å². The van der Waals surface area contributed by atoms with Crippen LogP contribution in [-0.2, 0) is 6.54 Å². The van der Waals surface area contributed by atoms with Gasteiger partial charge in [-0.2, -0.15) is 0 Å². The van der Waals surface area contributed by atoms with Gasteiger partial charge in [0.2, 0.25) is 0 Å². The first kappa shape index (κ1) is 11.7. The largest absolute Gasteiger partial charge is 0.310 e. The van der Waals surface area contributed by atoms with Crippen LogP contribution in [0.25, 0.3) is 0 Å². The molecule has 1 heteroatoms. The van der Waals surface area contributed by atoms with E-state index >= 15 is 0 Å². The molecule has 0 aromatic heterocycles. The third-order valence-electron chi connectivity index (χ3n) is 3.77. The molecule has 1 nitrogen and oxygen atoms in total. The molecule has 1 aromatic carbocycles. The number of rotatable bonds is 4. The Bertz CT molecular complexity index is 332. The lowest BCUT2D eigenvalue weighted by Gasteiger charge is -2.32. The highest BCUT2D eigenvalue weighted by atomic mass is 14.9. The minimum atomic E-state index is 0.676. The van der Waals surface area contributed by atoms with Crippen LogP contribution in [0.4, 0.5) is 0 Å². The molecule has 0 saturated heterocycles. The number of hydrogen-bond acceptors (Lipinski definition) is 1. The maximum Gasteiger partial charge on any atom is 0.0208 e. The van der Waals surface area contributed by atoms with E-state index in [-0.39, 0.29) is 0 Å². The minimum Gasteiger partial charge on any atom is -0.310 e. The molecule has 1 N–H and O–H groups in total. The molecule has 0 radical (unpaired) electrons. The Morgan fingerprint density at radius 3 is 2.31 bits per heavy atom. The lowest BCUT2D eigenvalue weighted by Crippen LogP contribution is -2.36. The van der Waals surface area contributed by atoms with E-state index in [0.717, 1.165) is 12.5 Å². The fourth-order valence-electron chi connectivity index (χ4n) is 2.56. The summed E-state index contributed by atoms with van der Waals surface area (Å²) in [5.74, 6) is 0.922. The van der Waals surface area contributed by atoms with Crippen LogP contribution in [0.3, 0.4) is 0 Å². The van der Waals surface area contributed by atoms with Gasteiger partial charge in [-0.05, 0) is 45.1 Å². The predicted octanol–water partition coefficient (Wildman–Crippen LogP) is 3.58. The molecule has 2 rings (SSSR count). The van der Waals surface area contributed by atoms with Gasteiger partial charge >= 0.3 is 0 Å². The molecule has 0 aliphatic heterocycles. The van der Waals surface area contributed by atoms with Gasteiger partial charge in [0, 0.05) is 12.6 Å². The zero-order chi connectivity index (χ0) is 11.5. The second kappa shape index (κ2) is 5.01. The Hall–Kier alpha value is -0.820. The van der Waals surface area contributed by atoms with Crippen LogP contribution in [0.5, 0.6) is 0 Å². The minimum absolute atomic E-state index is 0.676. The zero-order valence-corrected chi connectivity index (χ0v) is 10.7. The average Bonchev–Trinajstić information content (AvgIpc) is 2.10. The molecule has 1 unspecified atom stereocenters. The van der Waals surface area contributed by atoms with Crippen LogP contribution in [0.2, 0.25) is 0 Å². The Labute approximate surface area is 99.3 Å². The summed E-state index contributed by atoms with van der Waals surface area (Å²) < 4.78 is 0. The summed E-state index contributed by atoms with van der Waals surface area (Å²) >= 11 is 0. The third-order valence-corrected chi connectivity index (χ3v) is 3.77. The van der Waals surface area contributed by atoms with Gasteiger partial charge in [-0.1, -0.05) is 35.7 Å². The van der Waals surface area contributed by atoms with Crippen LogP contribution in [0, 0.1) is 19.8 Å². The number of benzene rings is 1. The van der Waals surface area contributed by atoms with Gasteiger partial charge in [0.25, 0.3) is 0 Å². The molecule has 0 spiro atoms. The Morgan fingerprint density at radius 1 is 1.19 bits per heavy atom. The summed E-state index contributed by atoms with van der Waals surface area (Å²) in [6, 6.07) is 7.48. The monoisotopic (exact) mass is 217 g/mol. The van der Waals surface area contributed by atoms with Crippen molar-refractivity contribution in [3.8, 4) is 0 Å². The number of nitrogens with one attached hydrogen (secondary N) is 1. The highest BCUT2D eigenvalue weighted by molar-refractivity contribution is 5.28. The molecule has 1 atom stereocenters. The molecule has 1 aliphatic rings. The fraction of sp³-hybridized carbons (Fsp3) is 0.600. The van der Waals surface area contributed by atoms with E-state index in [1.807, 2.05) is 0 Å². The third kappa shape index (κ3) is 2.85. The Balaban J connectivity index is 1.88. The van der Waals surface area contributed by atoms with Gasteiger partial charge < -0.3 is 5.32 Å². The van der Waals surface area contributed by atoms with Crippen LogP contribution in [0.1, 0.15) is 42.9 Å².